The van der Waals surface area contributed by atoms with E-state index in [1.54, 1.807) is 12.4 Å². The number of benzene rings is 2. The van der Waals surface area contributed by atoms with E-state index in [1.807, 2.05) is 73.7 Å². The van der Waals surface area contributed by atoms with Gasteiger partial charge in [-0.2, -0.15) is 0 Å². The largest absolute Gasteiger partial charge is 0.438 e. The van der Waals surface area contributed by atoms with Crippen LogP contribution in [0.1, 0.15) is 39.2 Å². The third kappa shape index (κ3) is 5.76. The van der Waals surface area contributed by atoms with Gasteiger partial charge in [0.15, 0.2) is 5.82 Å². The summed E-state index contributed by atoms with van der Waals surface area (Å²) in [6, 6.07) is 21.3. The number of pyridine rings is 1. The predicted octanol–water partition coefficient (Wildman–Crippen LogP) is 6.98. The van der Waals surface area contributed by atoms with Crippen LogP contribution in [0.25, 0.3) is 22.0 Å². The first-order chi connectivity index (χ1) is 18.4. The van der Waals surface area contributed by atoms with Crippen molar-refractivity contribution in [3.63, 3.8) is 0 Å². The van der Waals surface area contributed by atoms with Crippen molar-refractivity contribution in [2.75, 3.05) is 5.32 Å². The van der Waals surface area contributed by atoms with Crippen LogP contribution in [-0.2, 0) is 6.42 Å². The number of aryl methyl sites for hydroxylation is 1. The van der Waals surface area contributed by atoms with E-state index < -0.39 is 0 Å². The molecule has 0 aliphatic heterocycles. The Kier molecular flexibility index (Phi) is 6.96. The molecule has 188 valence electrons. The van der Waals surface area contributed by atoms with Gasteiger partial charge in [0.05, 0.1) is 11.3 Å². The van der Waals surface area contributed by atoms with Gasteiger partial charge in [-0.3, -0.25) is 0 Å². The highest BCUT2D eigenvalue weighted by Crippen LogP contribution is 2.31. The zero-order valence-corrected chi connectivity index (χ0v) is 21.9. The number of nitrogens with zero attached hydrogens (tertiary/aromatic N) is 5. The molecule has 0 saturated carbocycles. The summed E-state index contributed by atoms with van der Waals surface area (Å²) in [6.07, 6.45) is 4.22. The maximum atomic E-state index is 6.14. The Morgan fingerprint density at radius 1 is 0.842 bits per heavy atom. The molecule has 7 nitrogen and oxygen atoms in total. The molecule has 0 aliphatic rings. The van der Waals surface area contributed by atoms with E-state index in [4.69, 9.17) is 4.74 Å². The van der Waals surface area contributed by atoms with Crippen molar-refractivity contribution in [2.45, 2.75) is 34.1 Å². The van der Waals surface area contributed by atoms with Crippen LogP contribution in [0.3, 0.4) is 0 Å². The Morgan fingerprint density at radius 3 is 2.39 bits per heavy atom. The van der Waals surface area contributed by atoms with Gasteiger partial charge in [-0.1, -0.05) is 37.1 Å². The molecule has 0 atom stereocenters. The number of ether oxygens (including phenoxy) is 1. The van der Waals surface area contributed by atoms with Gasteiger partial charge < -0.3 is 10.1 Å². The molecule has 2 aromatic carbocycles. The third-order valence-electron chi connectivity index (χ3n) is 5.64. The molecule has 1 N–H and O–H groups in total. The minimum atomic E-state index is -0.118. The van der Waals surface area contributed by atoms with Crippen LogP contribution < -0.4 is 10.1 Å². The number of hydrogen-bond acceptors (Lipinski definition) is 7. The lowest BCUT2D eigenvalue weighted by Crippen LogP contribution is -2.02. The summed E-state index contributed by atoms with van der Waals surface area (Å²) in [5.41, 5.74) is 3.00. The zero-order chi connectivity index (χ0) is 26.5. The molecular weight excluding hydrogens is 472 g/mol. The summed E-state index contributed by atoms with van der Waals surface area (Å²) < 4.78 is 6.14. The van der Waals surface area contributed by atoms with Gasteiger partial charge in [0, 0.05) is 40.7 Å². The first kappa shape index (κ1) is 24.8. The van der Waals surface area contributed by atoms with E-state index in [0.717, 1.165) is 40.0 Å². The Bertz CT molecular complexity index is 1650. The maximum Gasteiger partial charge on any atom is 0.228 e. The summed E-state index contributed by atoms with van der Waals surface area (Å²) in [7, 11) is 0. The molecule has 0 amide bonds. The van der Waals surface area contributed by atoms with E-state index in [9.17, 15) is 0 Å². The van der Waals surface area contributed by atoms with Crippen molar-refractivity contribution < 1.29 is 4.74 Å². The molecule has 0 saturated heterocycles. The van der Waals surface area contributed by atoms with Crippen molar-refractivity contribution >= 4 is 22.3 Å². The number of hydrogen-bond donors (Lipinski definition) is 1. The van der Waals surface area contributed by atoms with Crippen molar-refractivity contribution in [3.8, 4) is 34.7 Å². The fourth-order valence-electron chi connectivity index (χ4n) is 3.78. The molecular formula is C31H28N6O. The summed E-state index contributed by atoms with van der Waals surface area (Å²) in [5.74, 6) is 9.02. The quantitative estimate of drug-likeness (QED) is 0.252. The molecule has 0 spiro atoms. The van der Waals surface area contributed by atoms with Gasteiger partial charge in [0.1, 0.15) is 17.3 Å². The highest BCUT2D eigenvalue weighted by Gasteiger charge is 2.12. The average molecular weight is 501 g/mol. The minimum absolute atomic E-state index is 0.118. The first-order valence-corrected chi connectivity index (χ1v) is 12.5. The monoisotopic (exact) mass is 500 g/mol. The predicted molar refractivity (Wildman–Crippen MR) is 150 cm³/mol. The molecule has 0 unspecified atom stereocenters. The SMILES string of the molecule is CCc1nccc(-c2cccnc2Oc2ccc(Nc3nnc(C#CC(C)(C)C)c4ccccc34)cc2)n1. The number of nitrogens with one attached hydrogen (secondary N) is 1. The van der Waals surface area contributed by atoms with E-state index in [2.05, 4.69) is 63.1 Å². The van der Waals surface area contributed by atoms with Crippen molar-refractivity contribution in [2.24, 2.45) is 5.41 Å². The summed E-state index contributed by atoms with van der Waals surface area (Å²) in [5, 5.41) is 14.1. The molecule has 0 fully saturated rings. The highest BCUT2D eigenvalue weighted by atomic mass is 16.5. The Labute approximate surface area is 222 Å². The van der Waals surface area contributed by atoms with E-state index in [-0.39, 0.29) is 5.41 Å². The molecule has 5 aromatic rings. The van der Waals surface area contributed by atoms with Crippen LogP contribution in [0.5, 0.6) is 11.6 Å². The normalized spacial score (nSPS) is 11.1. The Balaban J connectivity index is 1.38. The smallest absolute Gasteiger partial charge is 0.228 e. The Morgan fingerprint density at radius 2 is 1.63 bits per heavy atom. The molecule has 0 radical (unpaired) electrons. The summed E-state index contributed by atoms with van der Waals surface area (Å²) in [6.45, 7) is 8.25. The van der Waals surface area contributed by atoms with Crippen LogP contribution >= 0.6 is 0 Å². The van der Waals surface area contributed by atoms with E-state index >= 15 is 0 Å². The molecule has 3 aromatic heterocycles. The molecule has 38 heavy (non-hydrogen) atoms. The van der Waals surface area contributed by atoms with Crippen LogP contribution in [-0.4, -0.2) is 25.1 Å². The summed E-state index contributed by atoms with van der Waals surface area (Å²) >= 11 is 0. The fraction of sp³-hybridized carbons (Fsp3) is 0.194. The molecule has 5 rings (SSSR count). The van der Waals surface area contributed by atoms with Gasteiger partial charge in [-0.15, -0.1) is 10.2 Å². The van der Waals surface area contributed by atoms with Gasteiger partial charge in [-0.25, -0.2) is 15.0 Å². The fourth-order valence-corrected chi connectivity index (χ4v) is 3.78. The second kappa shape index (κ2) is 10.7. The van der Waals surface area contributed by atoms with Gasteiger partial charge in [0.2, 0.25) is 5.88 Å². The minimum Gasteiger partial charge on any atom is -0.438 e. The van der Waals surface area contributed by atoms with E-state index in [0.29, 0.717) is 23.1 Å². The number of rotatable bonds is 6. The second-order valence-electron chi connectivity index (χ2n) is 9.76. The first-order valence-electron chi connectivity index (χ1n) is 12.5. The number of fused-ring (bicyclic) bond motifs is 1. The van der Waals surface area contributed by atoms with Crippen molar-refractivity contribution in [1.82, 2.24) is 25.1 Å². The lowest BCUT2D eigenvalue weighted by Gasteiger charge is -2.12. The molecule has 3 heterocycles. The van der Waals surface area contributed by atoms with Crippen LogP contribution in [0.2, 0.25) is 0 Å². The zero-order valence-electron chi connectivity index (χ0n) is 21.9. The lowest BCUT2D eigenvalue weighted by atomic mass is 9.97. The topological polar surface area (TPSA) is 85.7 Å². The van der Waals surface area contributed by atoms with Crippen LogP contribution in [0, 0.1) is 17.3 Å². The number of anilines is 2. The van der Waals surface area contributed by atoms with Crippen LogP contribution in [0.15, 0.2) is 79.1 Å². The Hall–Kier alpha value is -4.83. The van der Waals surface area contributed by atoms with Crippen molar-refractivity contribution in [3.05, 3.63) is 90.6 Å². The van der Waals surface area contributed by atoms with Gasteiger partial charge in [0.25, 0.3) is 0 Å². The average Bonchev–Trinajstić information content (AvgIpc) is 2.93. The van der Waals surface area contributed by atoms with Gasteiger partial charge >= 0.3 is 0 Å². The molecule has 0 aliphatic carbocycles. The summed E-state index contributed by atoms with van der Waals surface area (Å²) in [4.78, 5) is 13.3. The maximum absolute atomic E-state index is 6.14. The molecule has 0 bridgehead atoms. The van der Waals surface area contributed by atoms with Crippen LogP contribution in [0.4, 0.5) is 11.5 Å². The lowest BCUT2D eigenvalue weighted by molar-refractivity contribution is 0.465. The molecule has 7 heteroatoms. The third-order valence-corrected chi connectivity index (χ3v) is 5.64. The standard InChI is InChI=1S/C31H28N6O/c1-5-28-32-20-17-26(35-28)25-11-8-19-33-30(25)38-22-14-12-21(13-15-22)34-29-24-10-7-6-9-23(24)27(36-37-29)16-18-31(2,3)4/h6-15,17,19-20H,5H2,1-4H3,(H,34,37). The second-order valence-corrected chi connectivity index (χ2v) is 9.76. The van der Waals surface area contributed by atoms with Gasteiger partial charge in [-0.05, 0) is 69.2 Å². The number of aromatic nitrogens is 5. The van der Waals surface area contributed by atoms with E-state index in [1.165, 1.54) is 0 Å². The van der Waals surface area contributed by atoms with Crippen molar-refractivity contribution in [1.29, 1.82) is 0 Å². The highest BCUT2D eigenvalue weighted by molar-refractivity contribution is 5.95.